The first-order valence-corrected chi connectivity index (χ1v) is 10.2. The third-order valence-electron chi connectivity index (χ3n) is 5.22. The minimum Gasteiger partial charge on any atom is -0.383 e. The topological polar surface area (TPSA) is 109 Å². The summed E-state index contributed by atoms with van der Waals surface area (Å²) in [4.78, 5) is 26.1. The maximum atomic E-state index is 13.2. The zero-order valence-corrected chi connectivity index (χ0v) is 18.7. The van der Waals surface area contributed by atoms with Gasteiger partial charge in [0.05, 0.1) is 35.9 Å². The van der Waals surface area contributed by atoms with Crippen LogP contribution in [0.2, 0.25) is 0 Å². The highest BCUT2D eigenvalue weighted by atomic mass is 16.5. The third kappa shape index (κ3) is 3.92. The van der Waals surface area contributed by atoms with E-state index >= 15 is 0 Å². The molecule has 0 fully saturated rings. The van der Waals surface area contributed by atoms with Gasteiger partial charge in [-0.05, 0) is 26.0 Å². The van der Waals surface area contributed by atoms with Crippen LogP contribution in [0.1, 0.15) is 23.0 Å². The molecule has 0 aliphatic heterocycles. The number of fused-ring (bicyclic) bond motifs is 1. The van der Waals surface area contributed by atoms with E-state index in [1.165, 1.54) is 16.9 Å². The highest BCUT2D eigenvalue weighted by Gasteiger charge is 2.20. The van der Waals surface area contributed by atoms with Crippen LogP contribution in [0.15, 0.2) is 41.5 Å². The predicted molar refractivity (Wildman–Crippen MR) is 120 cm³/mol. The van der Waals surface area contributed by atoms with E-state index in [2.05, 4.69) is 20.6 Å². The molecule has 10 nitrogen and oxygen atoms in total. The number of ether oxygens (including phenoxy) is 1. The average Bonchev–Trinajstić information content (AvgIpc) is 3.30. The maximum Gasteiger partial charge on any atom is 0.284 e. The second-order valence-corrected chi connectivity index (χ2v) is 7.80. The van der Waals surface area contributed by atoms with Crippen LogP contribution in [0, 0.1) is 6.92 Å². The van der Waals surface area contributed by atoms with Crippen molar-refractivity contribution in [1.82, 2.24) is 34.7 Å². The molecule has 0 unspecified atom stereocenters. The molecule has 0 radical (unpaired) electrons. The van der Waals surface area contributed by atoms with Crippen LogP contribution in [0.4, 0.5) is 0 Å². The molecule has 0 saturated carbocycles. The first-order valence-electron chi connectivity index (χ1n) is 10.2. The summed E-state index contributed by atoms with van der Waals surface area (Å²) in [5.74, 6) is -0.488. The smallest absolute Gasteiger partial charge is 0.284 e. The molecule has 0 saturated heterocycles. The van der Waals surface area contributed by atoms with E-state index in [0.29, 0.717) is 18.0 Å². The van der Waals surface area contributed by atoms with Gasteiger partial charge >= 0.3 is 0 Å². The number of methoxy groups -OCH3 is 1. The average molecular weight is 435 g/mol. The van der Waals surface area contributed by atoms with Gasteiger partial charge in [-0.25, -0.2) is 0 Å². The Morgan fingerprint density at radius 3 is 2.69 bits per heavy atom. The molecule has 166 valence electrons. The van der Waals surface area contributed by atoms with Crippen LogP contribution in [-0.2, 0) is 18.8 Å². The number of hydrogen-bond donors (Lipinski definition) is 1. The zero-order chi connectivity index (χ0) is 23.0. The summed E-state index contributed by atoms with van der Waals surface area (Å²) in [6.45, 7) is 4.09. The lowest BCUT2D eigenvalue weighted by atomic mass is 10.1. The molecule has 0 aliphatic carbocycles. The molecule has 3 aromatic heterocycles. The Morgan fingerprint density at radius 2 is 2.00 bits per heavy atom. The Hall–Kier alpha value is -3.79. The Balaban J connectivity index is 1.88. The molecule has 0 bridgehead atoms. The van der Waals surface area contributed by atoms with Gasteiger partial charge < -0.3 is 10.1 Å². The second kappa shape index (κ2) is 8.39. The number of amides is 1. The van der Waals surface area contributed by atoms with Crippen LogP contribution < -0.4 is 10.9 Å². The van der Waals surface area contributed by atoms with Crippen LogP contribution in [0.3, 0.4) is 0 Å². The fourth-order valence-corrected chi connectivity index (χ4v) is 3.68. The number of hydrogen-bond acceptors (Lipinski definition) is 6. The molecule has 32 heavy (non-hydrogen) atoms. The van der Waals surface area contributed by atoms with Gasteiger partial charge in [-0.2, -0.15) is 20.0 Å². The standard InChI is InChI=1S/C22H25N7O3/c1-13(12-32-5)24-21(30)18-9-19(26-29(22(18)31)16-10-23-27(3)11-16)15-6-7-17-14(2)25-28(4)20(17)8-15/h6-11,13H,12H2,1-5H3,(H,24,30)/t13-/m0/s1. The number of aryl methyl sites for hydroxylation is 3. The van der Waals surface area contributed by atoms with Crippen molar-refractivity contribution in [3.63, 3.8) is 0 Å². The molecule has 1 N–H and O–H groups in total. The summed E-state index contributed by atoms with van der Waals surface area (Å²) in [6.07, 6.45) is 3.20. The lowest BCUT2D eigenvalue weighted by Gasteiger charge is -2.14. The van der Waals surface area contributed by atoms with Crippen molar-refractivity contribution in [3.05, 3.63) is 58.3 Å². The number of nitrogens with one attached hydrogen (secondary N) is 1. The number of carbonyl (C=O) groups excluding carboxylic acids is 1. The Labute approximate surface area is 184 Å². The predicted octanol–water partition coefficient (Wildman–Crippen LogP) is 1.59. The van der Waals surface area contributed by atoms with Gasteiger partial charge in [0.15, 0.2) is 0 Å². The highest BCUT2D eigenvalue weighted by molar-refractivity contribution is 5.95. The van der Waals surface area contributed by atoms with Gasteiger partial charge in [-0.15, -0.1) is 0 Å². The van der Waals surface area contributed by atoms with E-state index in [1.807, 2.05) is 39.1 Å². The van der Waals surface area contributed by atoms with Crippen molar-refractivity contribution in [3.8, 4) is 16.9 Å². The summed E-state index contributed by atoms with van der Waals surface area (Å²) in [7, 11) is 5.18. The van der Waals surface area contributed by atoms with Crippen molar-refractivity contribution < 1.29 is 9.53 Å². The molecule has 0 spiro atoms. The Kier molecular flexibility index (Phi) is 5.62. The van der Waals surface area contributed by atoms with Crippen LogP contribution in [0.5, 0.6) is 0 Å². The van der Waals surface area contributed by atoms with E-state index in [1.54, 1.807) is 29.7 Å². The van der Waals surface area contributed by atoms with Crippen molar-refractivity contribution in [2.45, 2.75) is 19.9 Å². The number of carbonyl (C=O) groups is 1. The van der Waals surface area contributed by atoms with Gasteiger partial charge in [-0.3, -0.25) is 19.0 Å². The normalized spacial score (nSPS) is 12.3. The monoisotopic (exact) mass is 435 g/mol. The number of nitrogens with zero attached hydrogens (tertiary/aromatic N) is 6. The van der Waals surface area contributed by atoms with Crippen molar-refractivity contribution in [2.75, 3.05) is 13.7 Å². The van der Waals surface area contributed by atoms with Gasteiger partial charge in [0.2, 0.25) is 0 Å². The van der Waals surface area contributed by atoms with Crippen LogP contribution in [-0.4, -0.2) is 55.0 Å². The van der Waals surface area contributed by atoms with Crippen molar-refractivity contribution >= 4 is 16.8 Å². The van der Waals surface area contributed by atoms with Crippen LogP contribution >= 0.6 is 0 Å². The minimum absolute atomic E-state index is 0.0110. The van der Waals surface area contributed by atoms with Gasteiger partial charge in [0, 0.05) is 38.2 Å². The molecule has 1 amide bonds. The van der Waals surface area contributed by atoms with E-state index in [0.717, 1.165) is 22.2 Å². The summed E-state index contributed by atoms with van der Waals surface area (Å²) in [5.41, 5.74) is 3.03. The third-order valence-corrected chi connectivity index (χ3v) is 5.22. The lowest BCUT2D eigenvalue weighted by Crippen LogP contribution is -2.39. The lowest BCUT2D eigenvalue weighted by molar-refractivity contribution is 0.0903. The van der Waals surface area contributed by atoms with Gasteiger partial charge in [0.1, 0.15) is 11.3 Å². The summed E-state index contributed by atoms with van der Waals surface area (Å²) in [5, 5.41) is 17.0. The summed E-state index contributed by atoms with van der Waals surface area (Å²) >= 11 is 0. The molecule has 3 heterocycles. The molecule has 1 aromatic carbocycles. The van der Waals surface area contributed by atoms with Crippen LogP contribution in [0.25, 0.3) is 27.8 Å². The number of benzene rings is 1. The second-order valence-electron chi connectivity index (χ2n) is 7.80. The quantitative estimate of drug-likeness (QED) is 0.493. The maximum absolute atomic E-state index is 13.2. The zero-order valence-electron chi connectivity index (χ0n) is 18.7. The fourth-order valence-electron chi connectivity index (χ4n) is 3.68. The van der Waals surface area contributed by atoms with Gasteiger partial charge in [-0.1, -0.05) is 12.1 Å². The highest BCUT2D eigenvalue weighted by Crippen LogP contribution is 2.25. The first kappa shape index (κ1) is 21.4. The minimum atomic E-state index is -0.527. The van der Waals surface area contributed by atoms with Crippen molar-refractivity contribution in [2.24, 2.45) is 14.1 Å². The first-order chi connectivity index (χ1) is 15.3. The molecular weight excluding hydrogens is 410 g/mol. The molecule has 4 rings (SSSR count). The molecule has 10 heteroatoms. The van der Waals surface area contributed by atoms with Gasteiger partial charge in [0.25, 0.3) is 11.5 Å². The summed E-state index contributed by atoms with van der Waals surface area (Å²) in [6, 6.07) is 7.09. The Bertz CT molecular complexity index is 1370. The number of rotatable bonds is 6. The van der Waals surface area contributed by atoms with E-state index in [4.69, 9.17) is 4.74 Å². The molecular formula is C22H25N7O3. The van der Waals surface area contributed by atoms with E-state index in [-0.39, 0.29) is 11.6 Å². The largest absolute Gasteiger partial charge is 0.383 e. The molecule has 1 atom stereocenters. The molecule has 4 aromatic rings. The fraction of sp³-hybridized carbons (Fsp3) is 0.318. The SMILES string of the molecule is COC[C@H](C)NC(=O)c1cc(-c2ccc3c(C)nn(C)c3c2)nn(-c2cnn(C)c2)c1=O. The summed E-state index contributed by atoms with van der Waals surface area (Å²) < 4.78 is 9.66. The molecule has 0 aliphatic rings. The van der Waals surface area contributed by atoms with E-state index in [9.17, 15) is 9.59 Å². The number of aromatic nitrogens is 6. The van der Waals surface area contributed by atoms with E-state index < -0.39 is 11.5 Å². The Morgan fingerprint density at radius 1 is 1.22 bits per heavy atom. The van der Waals surface area contributed by atoms with Crippen molar-refractivity contribution in [1.29, 1.82) is 0 Å².